The number of nitrogens with zero attached hydrogens (tertiary/aromatic N) is 2. The third kappa shape index (κ3) is 4.13. The van der Waals surface area contributed by atoms with Gasteiger partial charge in [-0.25, -0.2) is 9.59 Å². The Bertz CT molecular complexity index is 1000. The fraction of sp³-hybridized carbons (Fsp3) is 0.364. The van der Waals surface area contributed by atoms with E-state index in [9.17, 15) is 29.7 Å². The highest BCUT2D eigenvalue weighted by Gasteiger charge is 2.61. The average Bonchev–Trinajstić information content (AvgIpc) is 2.76. The van der Waals surface area contributed by atoms with Crippen molar-refractivity contribution in [2.24, 2.45) is 23.7 Å². The minimum absolute atomic E-state index is 0.0461. The second-order valence-corrected chi connectivity index (χ2v) is 8.69. The molecular weight excluding hydrogens is 548 g/mol. The van der Waals surface area contributed by atoms with E-state index in [1.807, 2.05) is 12.1 Å². The van der Waals surface area contributed by atoms with Crippen molar-refractivity contribution in [3.63, 3.8) is 0 Å². The number of ketones is 2. The lowest BCUT2D eigenvalue weighted by molar-refractivity contribution is -0.143. The molecule has 0 N–H and O–H groups in total. The summed E-state index contributed by atoms with van der Waals surface area (Å²) in [6.07, 6.45) is 5.24. The second kappa shape index (κ2) is 10.2. The van der Waals surface area contributed by atoms with Gasteiger partial charge in [0.15, 0.2) is 11.6 Å². The number of fused-ring (bicyclic) bond motifs is 4. The number of hydrogen-bond donors (Lipinski definition) is 0. The predicted molar refractivity (Wildman–Crippen MR) is 117 cm³/mol. The molecule has 0 bridgehead atoms. The van der Waals surface area contributed by atoms with Gasteiger partial charge >= 0.3 is 11.9 Å². The first-order valence-corrected chi connectivity index (χ1v) is 11.8. The van der Waals surface area contributed by atoms with Gasteiger partial charge in [-0.1, -0.05) is 44.0 Å². The van der Waals surface area contributed by atoms with Crippen LogP contribution in [-0.4, -0.2) is 47.4 Å². The van der Waals surface area contributed by atoms with Crippen molar-refractivity contribution in [1.29, 1.82) is 10.5 Å². The maximum atomic E-state index is 12.6. The molecule has 0 saturated heterocycles. The number of ether oxygens (including phenoxy) is 2. The van der Waals surface area contributed by atoms with Crippen LogP contribution in [0.3, 0.4) is 0 Å². The van der Waals surface area contributed by atoms with E-state index in [2.05, 4.69) is 31.9 Å². The first-order valence-electron chi connectivity index (χ1n) is 9.59. The number of nitriles is 2. The van der Waals surface area contributed by atoms with Crippen LogP contribution in [-0.2, 0) is 28.7 Å². The number of carbonyl (C=O) groups excluding carboxylic acids is 4. The van der Waals surface area contributed by atoms with Crippen molar-refractivity contribution >= 4 is 55.4 Å². The summed E-state index contributed by atoms with van der Waals surface area (Å²) in [5, 5.41) is 20.0. The van der Waals surface area contributed by atoms with Crippen LogP contribution in [0, 0.1) is 46.3 Å². The number of rotatable bonds is 6. The normalized spacial score (nSPS) is 28.4. The Morgan fingerprint density at radius 1 is 0.750 bits per heavy atom. The number of esters is 2. The van der Waals surface area contributed by atoms with Gasteiger partial charge in [-0.05, 0) is 23.3 Å². The molecule has 10 heteroatoms. The highest BCUT2D eigenvalue weighted by molar-refractivity contribution is 9.09. The molecule has 0 aromatic heterocycles. The van der Waals surface area contributed by atoms with E-state index in [1.165, 1.54) is 24.3 Å². The Morgan fingerprint density at radius 3 is 1.44 bits per heavy atom. The van der Waals surface area contributed by atoms with Crippen molar-refractivity contribution in [2.45, 2.75) is 0 Å². The maximum Gasteiger partial charge on any atom is 0.349 e. The van der Waals surface area contributed by atoms with Crippen LogP contribution in [0.2, 0.25) is 0 Å². The standard InChI is InChI=1S/C22H16Br2N2O6/c23-5-7-31-21(29)13(9-25)11-1-3-15(27)19-17(11)18-12(2-4-16(28)20(18)19)14(10-26)22(30)32-8-6-24/h1-4,17-20H,5-8H2/b13-11-,14-12-/t17-,18-,19-,20-/m0/s1. The zero-order valence-electron chi connectivity index (χ0n) is 16.5. The van der Waals surface area contributed by atoms with Gasteiger partial charge in [0.05, 0.1) is 0 Å². The van der Waals surface area contributed by atoms with E-state index in [4.69, 9.17) is 9.47 Å². The highest BCUT2D eigenvalue weighted by atomic mass is 79.9. The molecule has 0 spiro atoms. The first-order chi connectivity index (χ1) is 15.4. The van der Waals surface area contributed by atoms with Crippen LogP contribution in [0.4, 0.5) is 0 Å². The van der Waals surface area contributed by atoms with Gasteiger partial charge in [-0.3, -0.25) is 9.59 Å². The van der Waals surface area contributed by atoms with Gasteiger partial charge in [-0.15, -0.1) is 0 Å². The minimum Gasteiger partial charge on any atom is -0.461 e. The van der Waals surface area contributed by atoms with Crippen molar-refractivity contribution in [2.75, 3.05) is 23.9 Å². The summed E-state index contributed by atoms with van der Waals surface area (Å²) in [5.74, 6) is -5.34. The smallest absolute Gasteiger partial charge is 0.349 e. The number of hydrogen-bond acceptors (Lipinski definition) is 8. The molecule has 164 valence electrons. The Balaban J connectivity index is 2.13. The molecule has 0 aliphatic heterocycles. The molecule has 0 aromatic rings. The summed E-state index contributed by atoms with van der Waals surface area (Å²) in [5.41, 5.74) is -0.0379. The number of carbonyl (C=O) groups is 4. The Morgan fingerprint density at radius 2 is 1.12 bits per heavy atom. The van der Waals surface area contributed by atoms with Crippen molar-refractivity contribution in [1.82, 2.24) is 0 Å². The maximum absolute atomic E-state index is 12.6. The minimum atomic E-state index is -0.844. The summed E-state index contributed by atoms with van der Waals surface area (Å²) in [6.45, 7) is 0.0922. The molecule has 3 aliphatic rings. The van der Waals surface area contributed by atoms with E-state index in [0.29, 0.717) is 10.7 Å². The number of allylic oxidation sites excluding steroid dienone is 6. The van der Waals surface area contributed by atoms with Crippen LogP contribution in [0.5, 0.6) is 0 Å². The average molecular weight is 564 g/mol. The molecule has 0 aromatic carbocycles. The zero-order chi connectivity index (χ0) is 23.4. The lowest BCUT2D eigenvalue weighted by atomic mass is 9.46. The molecule has 0 unspecified atom stereocenters. The van der Waals surface area contributed by atoms with Crippen molar-refractivity contribution < 1.29 is 28.7 Å². The lowest BCUT2D eigenvalue weighted by Crippen LogP contribution is -2.57. The fourth-order valence-corrected chi connectivity index (χ4v) is 4.70. The van der Waals surface area contributed by atoms with Crippen LogP contribution >= 0.6 is 31.9 Å². The summed E-state index contributed by atoms with van der Waals surface area (Å²) < 4.78 is 10.1. The molecule has 8 nitrogen and oxygen atoms in total. The van der Waals surface area contributed by atoms with E-state index < -0.39 is 35.6 Å². The topological polar surface area (TPSA) is 134 Å². The monoisotopic (exact) mass is 562 g/mol. The second-order valence-electron chi connectivity index (χ2n) is 7.11. The van der Waals surface area contributed by atoms with Crippen molar-refractivity contribution in [3.8, 4) is 12.1 Å². The summed E-state index contributed by atoms with van der Waals surface area (Å²) in [6, 6.07) is 3.68. The number of halogens is 2. The van der Waals surface area contributed by atoms with E-state index in [0.717, 1.165) is 0 Å². The van der Waals surface area contributed by atoms with E-state index in [1.54, 1.807) is 0 Å². The zero-order valence-corrected chi connectivity index (χ0v) is 19.7. The van der Waals surface area contributed by atoms with E-state index in [-0.39, 0.29) is 47.1 Å². The summed E-state index contributed by atoms with van der Waals surface area (Å²) in [4.78, 5) is 50.1. The first kappa shape index (κ1) is 23.8. The van der Waals surface area contributed by atoms with Gasteiger partial charge in [0.2, 0.25) is 0 Å². The van der Waals surface area contributed by atoms with Crippen LogP contribution in [0.1, 0.15) is 0 Å². The van der Waals surface area contributed by atoms with Gasteiger partial charge in [0.1, 0.15) is 36.5 Å². The quantitative estimate of drug-likeness (QED) is 0.208. The van der Waals surface area contributed by atoms with Crippen molar-refractivity contribution in [3.05, 3.63) is 46.6 Å². The Labute approximate surface area is 200 Å². The third-order valence-corrected chi connectivity index (χ3v) is 6.25. The molecular formula is C22H16Br2N2O6. The Kier molecular flexibility index (Phi) is 7.60. The molecule has 3 rings (SSSR count). The number of alkyl halides is 2. The van der Waals surface area contributed by atoms with E-state index >= 15 is 0 Å². The molecule has 0 radical (unpaired) electrons. The van der Waals surface area contributed by atoms with Crippen LogP contribution in [0.25, 0.3) is 0 Å². The highest BCUT2D eigenvalue weighted by Crippen LogP contribution is 2.58. The summed E-state index contributed by atoms with van der Waals surface area (Å²) in [7, 11) is 0. The van der Waals surface area contributed by atoms with Gasteiger partial charge in [-0.2, -0.15) is 10.5 Å². The lowest BCUT2D eigenvalue weighted by Gasteiger charge is -2.54. The third-order valence-electron chi connectivity index (χ3n) is 5.61. The Hall–Kier alpha value is -2.82. The SMILES string of the molecule is N#C/C(C(=O)OCCBr)=C1\C=CC(=O)[C@@H]2[C@H]3C(=O)C=C/C(=C(\C#N)C(=O)OCCBr)[C@H]3[C@H]12. The molecule has 0 heterocycles. The van der Waals surface area contributed by atoms with Gasteiger partial charge < -0.3 is 9.47 Å². The fourth-order valence-electron chi connectivity index (χ4n) is 4.38. The van der Waals surface area contributed by atoms with Crippen LogP contribution in [0.15, 0.2) is 46.6 Å². The largest absolute Gasteiger partial charge is 0.461 e. The molecule has 1 fully saturated rings. The molecule has 4 atom stereocenters. The van der Waals surface area contributed by atoms with Gasteiger partial charge in [0, 0.05) is 34.3 Å². The molecule has 32 heavy (non-hydrogen) atoms. The predicted octanol–water partition coefficient (Wildman–Crippen LogP) is 2.26. The van der Waals surface area contributed by atoms with Crippen LogP contribution < -0.4 is 0 Å². The molecule has 0 amide bonds. The summed E-state index contributed by atoms with van der Waals surface area (Å²) >= 11 is 6.27. The molecule has 1 saturated carbocycles. The molecule has 3 aliphatic carbocycles. The van der Waals surface area contributed by atoms with Gasteiger partial charge in [0.25, 0.3) is 0 Å².